The van der Waals surface area contributed by atoms with E-state index in [1.807, 2.05) is 0 Å². The third kappa shape index (κ3) is 2.93. The van der Waals surface area contributed by atoms with Crippen LogP contribution < -0.4 is 0 Å². The summed E-state index contributed by atoms with van der Waals surface area (Å²) in [5.41, 5.74) is -1.14. The Morgan fingerprint density at radius 3 is 2.38 bits per heavy atom. The molecule has 1 amide bonds. The molecule has 1 aliphatic rings. The minimum atomic E-state index is -1.20. The Balaban J connectivity index is 2.54. The fourth-order valence-corrected chi connectivity index (χ4v) is 2.09. The normalized spacial score (nSPS) is 20.7. The molecule has 16 heavy (non-hydrogen) atoms. The van der Waals surface area contributed by atoms with E-state index in [0.29, 0.717) is 32.5 Å². The maximum Gasteiger partial charge on any atom is 0.409 e. The van der Waals surface area contributed by atoms with Gasteiger partial charge in [0.25, 0.3) is 0 Å². The van der Waals surface area contributed by atoms with E-state index in [4.69, 9.17) is 27.9 Å². The highest BCUT2D eigenvalue weighted by atomic mass is 35.5. The molecule has 0 aromatic rings. The average molecular weight is 270 g/mol. The number of carbonyl (C=O) groups is 1. The van der Waals surface area contributed by atoms with E-state index in [-0.39, 0.29) is 6.09 Å². The summed E-state index contributed by atoms with van der Waals surface area (Å²) in [7, 11) is 0. The number of amides is 1. The Kier molecular flexibility index (Phi) is 4.32. The lowest BCUT2D eigenvalue weighted by atomic mass is 9.88. The van der Waals surface area contributed by atoms with Gasteiger partial charge in [-0.2, -0.15) is 0 Å². The van der Waals surface area contributed by atoms with Crippen molar-refractivity contribution in [3.8, 4) is 0 Å². The molecule has 4 nitrogen and oxygen atoms in total. The van der Waals surface area contributed by atoms with Crippen LogP contribution in [0.5, 0.6) is 0 Å². The number of aliphatic hydroxyl groups is 1. The molecule has 0 unspecified atom stereocenters. The first-order valence-electron chi connectivity index (χ1n) is 5.32. The Morgan fingerprint density at radius 2 is 2.00 bits per heavy atom. The predicted molar refractivity (Wildman–Crippen MR) is 62.9 cm³/mol. The lowest BCUT2D eigenvalue weighted by molar-refractivity contribution is -0.0288. The molecule has 0 radical (unpaired) electrons. The third-order valence-corrected chi connectivity index (χ3v) is 3.64. The second-order valence-corrected chi connectivity index (χ2v) is 5.81. The van der Waals surface area contributed by atoms with Gasteiger partial charge in [0, 0.05) is 13.1 Å². The molecule has 0 spiro atoms. The van der Waals surface area contributed by atoms with Gasteiger partial charge in [0.2, 0.25) is 0 Å². The van der Waals surface area contributed by atoms with E-state index in [1.165, 1.54) is 0 Å². The minimum absolute atomic E-state index is 0.350. The Hall–Kier alpha value is -0.190. The zero-order valence-electron chi connectivity index (χ0n) is 9.50. The molecule has 0 atom stereocenters. The molecule has 0 bridgehead atoms. The largest absolute Gasteiger partial charge is 0.450 e. The van der Waals surface area contributed by atoms with Gasteiger partial charge in [0.15, 0.2) is 0 Å². The number of rotatable bonds is 2. The highest BCUT2D eigenvalue weighted by Gasteiger charge is 2.47. The molecular weight excluding hydrogens is 253 g/mol. The standard InChI is InChI=1S/C10H17Cl2NO3/c1-3-16-8(14)13-6-4-10(15,5-7-13)9(2,11)12/h15H,3-7H2,1-2H3. The monoisotopic (exact) mass is 269 g/mol. The van der Waals surface area contributed by atoms with Gasteiger partial charge >= 0.3 is 6.09 Å². The molecule has 94 valence electrons. The molecule has 0 aromatic heterocycles. The van der Waals surface area contributed by atoms with Crippen LogP contribution in [0.25, 0.3) is 0 Å². The maximum atomic E-state index is 11.4. The Morgan fingerprint density at radius 1 is 1.50 bits per heavy atom. The van der Waals surface area contributed by atoms with E-state index in [9.17, 15) is 9.90 Å². The topological polar surface area (TPSA) is 49.8 Å². The summed E-state index contributed by atoms with van der Waals surface area (Å²) in [5.74, 6) is 0. The van der Waals surface area contributed by atoms with Crippen molar-refractivity contribution < 1.29 is 14.6 Å². The van der Waals surface area contributed by atoms with Gasteiger partial charge in [0.05, 0.1) is 6.61 Å². The first-order chi connectivity index (χ1) is 7.30. The number of piperidine rings is 1. The minimum Gasteiger partial charge on any atom is -0.450 e. The van der Waals surface area contributed by atoms with Gasteiger partial charge in [-0.3, -0.25) is 0 Å². The fraction of sp³-hybridized carbons (Fsp3) is 0.900. The first-order valence-corrected chi connectivity index (χ1v) is 6.07. The maximum absolute atomic E-state index is 11.4. The van der Waals surface area contributed by atoms with Crippen LogP contribution in [0.1, 0.15) is 26.7 Å². The summed E-state index contributed by atoms with van der Waals surface area (Å²) in [5, 5.41) is 10.2. The second kappa shape index (κ2) is 4.98. The van der Waals surface area contributed by atoms with Crippen LogP contribution in [-0.4, -0.2) is 45.7 Å². The summed E-state index contributed by atoms with van der Waals surface area (Å²) in [6.45, 7) is 4.49. The summed E-state index contributed by atoms with van der Waals surface area (Å²) >= 11 is 11.8. The highest BCUT2D eigenvalue weighted by molar-refractivity contribution is 6.49. The van der Waals surface area contributed by atoms with Gasteiger partial charge in [-0.05, 0) is 26.7 Å². The molecule has 1 N–H and O–H groups in total. The summed E-state index contributed by atoms with van der Waals surface area (Å²) in [6, 6.07) is 0. The van der Waals surface area contributed by atoms with Crippen molar-refractivity contribution in [3.63, 3.8) is 0 Å². The smallest absolute Gasteiger partial charge is 0.409 e. The number of ether oxygens (including phenoxy) is 1. The van der Waals surface area contributed by atoms with Crippen LogP contribution in [0, 0.1) is 0 Å². The van der Waals surface area contributed by atoms with Crippen LogP contribution in [0.2, 0.25) is 0 Å². The van der Waals surface area contributed by atoms with Crippen LogP contribution in [0.4, 0.5) is 4.79 Å². The van der Waals surface area contributed by atoms with Crippen molar-refractivity contribution in [3.05, 3.63) is 0 Å². The number of likely N-dealkylation sites (tertiary alicyclic amines) is 1. The lowest BCUT2D eigenvalue weighted by Gasteiger charge is -2.42. The lowest BCUT2D eigenvalue weighted by Crippen LogP contribution is -2.54. The molecule has 0 aliphatic carbocycles. The van der Waals surface area contributed by atoms with E-state index in [0.717, 1.165) is 0 Å². The molecular formula is C10H17Cl2NO3. The second-order valence-electron chi connectivity index (χ2n) is 4.11. The number of hydrogen-bond donors (Lipinski definition) is 1. The van der Waals surface area contributed by atoms with Crippen LogP contribution in [0.15, 0.2) is 0 Å². The summed E-state index contributed by atoms with van der Waals surface area (Å²) in [4.78, 5) is 13.0. The SMILES string of the molecule is CCOC(=O)N1CCC(O)(C(C)(Cl)Cl)CC1. The van der Waals surface area contributed by atoms with Gasteiger partial charge < -0.3 is 14.7 Å². The van der Waals surface area contributed by atoms with Gasteiger partial charge in [-0.1, -0.05) is 23.2 Å². The molecule has 1 saturated heterocycles. The zero-order valence-corrected chi connectivity index (χ0v) is 11.0. The number of nitrogens with zero attached hydrogens (tertiary/aromatic N) is 1. The third-order valence-electron chi connectivity index (χ3n) is 2.93. The number of halogens is 2. The van der Waals surface area contributed by atoms with Gasteiger partial charge in [-0.15, -0.1) is 0 Å². The summed E-state index contributed by atoms with van der Waals surface area (Å²) in [6.07, 6.45) is 0.361. The fourth-order valence-electron chi connectivity index (χ4n) is 1.71. The van der Waals surface area contributed by atoms with Crippen molar-refractivity contribution in [1.82, 2.24) is 4.90 Å². The highest BCUT2D eigenvalue weighted by Crippen LogP contribution is 2.40. The van der Waals surface area contributed by atoms with E-state index in [2.05, 4.69) is 0 Å². The van der Waals surface area contributed by atoms with Gasteiger partial charge in [0.1, 0.15) is 9.93 Å². The van der Waals surface area contributed by atoms with Crippen LogP contribution >= 0.6 is 23.2 Å². The average Bonchev–Trinajstić information content (AvgIpc) is 2.17. The van der Waals surface area contributed by atoms with E-state index in [1.54, 1.807) is 18.7 Å². The molecule has 6 heteroatoms. The number of alkyl halides is 2. The number of hydrogen-bond acceptors (Lipinski definition) is 3. The van der Waals surface area contributed by atoms with Crippen LogP contribution in [-0.2, 0) is 4.74 Å². The molecule has 0 aromatic carbocycles. The van der Waals surface area contributed by atoms with E-state index >= 15 is 0 Å². The molecule has 0 saturated carbocycles. The van der Waals surface area contributed by atoms with Crippen molar-refractivity contribution in [2.75, 3.05) is 19.7 Å². The van der Waals surface area contributed by atoms with Gasteiger partial charge in [-0.25, -0.2) is 4.79 Å². The zero-order chi connectivity index (χ0) is 12.4. The summed E-state index contributed by atoms with van der Waals surface area (Å²) < 4.78 is 3.67. The van der Waals surface area contributed by atoms with Crippen molar-refractivity contribution in [1.29, 1.82) is 0 Å². The van der Waals surface area contributed by atoms with Crippen LogP contribution in [0.3, 0.4) is 0 Å². The predicted octanol–water partition coefficient (Wildman–Crippen LogP) is 2.16. The quantitative estimate of drug-likeness (QED) is 0.782. The molecule has 1 aliphatic heterocycles. The molecule has 1 fully saturated rings. The van der Waals surface area contributed by atoms with Crippen molar-refractivity contribution in [2.24, 2.45) is 0 Å². The molecule has 1 heterocycles. The Labute approximate surface area is 105 Å². The van der Waals surface area contributed by atoms with Crippen molar-refractivity contribution in [2.45, 2.75) is 36.6 Å². The number of carbonyl (C=O) groups excluding carboxylic acids is 1. The molecule has 1 rings (SSSR count). The first kappa shape index (κ1) is 13.9. The Bertz CT molecular complexity index is 257. The van der Waals surface area contributed by atoms with Crippen molar-refractivity contribution >= 4 is 29.3 Å². The van der Waals surface area contributed by atoms with E-state index < -0.39 is 9.93 Å².